The van der Waals surface area contributed by atoms with Gasteiger partial charge in [-0.15, -0.1) is 0 Å². The monoisotopic (exact) mass is 317 g/mol. The molecule has 1 fully saturated rings. The first kappa shape index (κ1) is 19.3. The van der Waals surface area contributed by atoms with Gasteiger partial charge in [0.2, 0.25) is 0 Å². The average Bonchev–Trinajstić information content (AvgIpc) is 3.17. The Bertz CT molecular complexity index is 272. The predicted molar refractivity (Wildman–Crippen MR) is 93.3 cm³/mol. The Morgan fingerprint density at radius 2 is 1.57 bits per heavy atom. The van der Waals surface area contributed by atoms with Gasteiger partial charge in [0.25, 0.3) is 0 Å². The second kappa shape index (κ2) is 9.39. The number of nitrogens with one attached hydrogen (secondary N) is 1. The van der Waals surface area contributed by atoms with Crippen LogP contribution in [0, 0.1) is 5.41 Å². The van der Waals surface area contributed by atoms with E-state index in [2.05, 4.69) is 51.7 Å². The summed E-state index contributed by atoms with van der Waals surface area (Å²) in [5, 5.41) is 4.53. The van der Waals surface area contributed by atoms with Crippen LogP contribution in [0.15, 0.2) is 0 Å². The van der Waals surface area contributed by atoms with Gasteiger partial charge in [0.1, 0.15) is 0 Å². The molecule has 1 saturated heterocycles. The van der Waals surface area contributed by atoms with Crippen molar-refractivity contribution < 1.29 is 9.47 Å². The lowest BCUT2D eigenvalue weighted by Gasteiger charge is -2.26. The van der Waals surface area contributed by atoms with E-state index in [1.165, 1.54) is 18.6 Å². The van der Waals surface area contributed by atoms with Gasteiger partial charge >= 0.3 is 0 Å². The summed E-state index contributed by atoms with van der Waals surface area (Å²) in [5.74, 6) is 1.37. The van der Waals surface area contributed by atoms with E-state index in [-0.39, 0.29) is 5.54 Å². The molecule has 1 aliphatic rings. The maximum atomic E-state index is 5.61. The summed E-state index contributed by atoms with van der Waals surface area (Å²) in [5.41, 5.74) is 0.588. The van der Waals surface area contributed by atoms with Crippen molar-refractivity contribution in [3.8, 4) is 0 Å². The zero-order chi connectivity index (χ0) is 15.8. The Hall–Kier alpha value is 0.230. The van der Waals surface area contributed by atoms with E-state index in [4.69, 9.17) is 9.47 Å². The second-order valence-electron chi connectivity index (χ2n) is 7.84. The zero-order valence-electron chi connectivity index (χ0n) is 14.7. The average molecular weight is 318 g/mol. The number of hydrogen-bond acceptors (Lipinski definition) is 4. The van der Waals surface area contributed by atoms with Gasteiger partial charge in [-0.1, -0.05) is 20.8 Å². The Morgan fingerprint density at radius 3 is 2.14 bits per heavy atom. The molecule has 0 bridgehead atoms. The molecule has 1 heterocycles. The lowest BCUT2D eigenvalue weighted by molar-refractivity contribution is 0.0383. The van der Waals surface area contributed by atoms with Crippen molar-refractivity contribution in [1.82, 2.24) is 5.32 Å². The molecule has 0 aliphatic carbocycles. The summed E-state index contributed by atoms with van der Waals surface area (Å²) in [7, 11) is 0. The van der Waals surface area contributed by atoms with Gasteiger partial charge in [-0.2, -0.15) is 11.8 Å². The molecule has 4 heteroatoms. The van der Waals surface area contributed by atoms with Crippen LogP contribution in [0.1, 0.15) is 53.9 Å². The van der Waals surface area contributed by atoms with Crippen molar-refractivity contribution in [3.63, 3.8) is 0 Å². The standard InChI is InChI=1S/C17H35NO2S/c1-16(2,3)8-10-19-12-13-20-11-9-18-17(4,5)7-6-15-14-21-15/h15,18H,6-14H2,1-5H3. The topological polar surface area (TPSA) is 30.5 Å². The quantitative estimate of drug-likeness (QED) is 0.439. The van der Waals surface area contributed by atoms with Crippen LogP contribution >= 0.6 is 11.8 Å². The Labute approximate surface area is 135 Å². The molecule has 21 heavy (non-hydrogen) atoms. The van der Waals surface area contributed by atoms with Crippen LogP contribution in [0.2, 0.25) is 0 Å². The molecule has 1 N–H and O–H groups in total. The second-order valence-corrected chi connectivity index (χ2v) is 9.17. The van der Waals surface area contributed by atoms with E-state index in [0.29, 0.717) is 18.6 Å². The molecule has 1 atom stereocenters. The number of thioether (sulfide) groups is 1. The molecule has 1 aliphatic heterocycles. The molecule has 0 radical (unpaired) electrons. The highest BCUT2D eigenvalue weighted by atomic mass is 32.2. The fourth-order valence-electron chi connectivity index (χ4n) is 2.01. The van der Waals surface area contributed by atoms with Gasteiger partial charge in [-0.3, -0.25) is 0 Å². The van der Waals surface area contributed by atoms with Gasteiger partial charge in [0.15, 0.2) is 0 Å². The van der Waals surface area contributed by atoms with Crippen LogP contribution in [-0.2, 0) is 9.47 Å². The summed E-state index contributed by atoms with van der Waals surface area (Å²) in [6, 6.07) is 0. The minimum absolute atomic E-state index is 0.232. The summed E-state index contributed by atoms with van der Waals surface area (Å²) < 4.78 is 11.2. The normalized spacial score (nSPS) is 19.0. The number of ether oxygens (including phenoxy) is 2. The Balaban J connectivity index is 1.85. The van der Waals surface area contributed by atoms with Crippen molar-refractivity contribution in [3.05, 3.63) is 0 Å². The first-order valence-corrected chi connectivity index (χ1v) is 9.35. The minimum Gasteiger partial charge on any atom is -0.379 e. The minimum atomic E-state index is 0.232. The Kier molecular flexibility index (Phi) is 8.62. The van der Waals surface area contributed by atoms with Crippen LogP contribution in [0.5, 0.6) is 0 Å². The highest BCUT2D eigenvalue weighted by Gasteiger charge is 2.26. The molecular weight excluding hydrogens is 282 g/mol. The van der Waals surface area contributed by atoms with Crippen molar-refractivity contribution >= 4 is 11.8 Å². The molecule has 0 spiro atoms. The van der Waals surface area contributed by atoms with Crippen molar-refractivity contribution in [2.45, 2.75) is 64.7 Å². The molecule has 0 aromatic heterocycles. The fraction of sp³-hybridized carbons (Fsp3) is 1.00. The molecule has 126 valence electrons. The third-order valence-electron chi connectivity index (χ3n) is 3.71. The molecule has 1 rings (SSSR count). The van der Waals surface area contributed by atoms with Crippen molar-refractivity contribution in [2.75, 3.05) is 38.7 Å². The lowest BCUT2D eigenvalue weighted by Crippen LogP contribution is -2.41. The van der Waals surface area contributed by atoms with Gasteiger partial charge < -0.3 is 14.8 Å². The summed E-state index contributed by atoms with van der Waals surface area (Å²) in [4.78, 5) is 0. The van der Waals surface area contributed by atoms with E-state index in [0.717, 1.165) is 31.4 Å². The van der Waals surface area contributed by atoms with E-state index in [1.807, 2.05) is 0 Å². The van der Waals surface area contributed by atoms with E-state index < -0.39 is 0 Å². The lowest BCUT2D eigenvalue weighted by atomic mass is 9.93. The first-order chi connectivity index (χ1) is 9.79. The molecular formula is C17H35NO2S. The van der Waals surface area contributed by atoms with Gasteiger partial charge in [-0.05, 0) is 38.5 Å². The van der Waals surface area contributed by atoms with E-state index >= 15 is 0 Å². The van der Waals surface area contributed by atoms with Crippen LogP contribution in [0.3, 0.4) is 0 Å². The molecule has 0 amide bonds. The van der Waals surface area contributed by atoms with E-state index in [9.17, 15) is 0 Å². The third kappa shape index (κ3) is 12.5. The molecule has 3 nitrogen and oxygen atoms in total. The van der Waals surface area contributed by atoms with E-state index in [1.54, 1.807) is 0 Å². The third-order valence-corrected chi connectivity index (χ3v) is 4.75. The van der Waals surface area contributed by atoms with Gasteiger partial charge in [0, 0.05) is 29.7 Å². The number of rotatable bonds is 12. The maximum Gasteiger partial charge on any atom is 0.0701 e. The summed E-state index contributed by atoms with van der Waals surface area (Å²) in [6.07, 6.45) is 3.69. The van der Waals surface area contributed by atoms with Crippen LogP contribution in [-0.4, -0.2) is 49.5 Å². The van der Waals surface area contributed by atoms with Crippen molar-refractivity contribution in [1.29, 1.82) is 0 Å². The predicted octanol–water partition coefficient (Wildman–Crippen LogP) is 3.72. The van der Waals surface area contributed by atoms with Crippen LogP contribution < -0.4 is 5.32 Å². The molecule has 0 aromatic carbocycles. The molecule has 1 unspecified atom stereocenters. The largest absolute Gasteiger partial charge is 0.379 e. The molecule has 0 aromatic rings. The van der Waals surface area contributed by atoms with Crippen LogP contribution in [0.25, 0.3) is 0 Å². The van der Waals surface area contributed by atoms with Crippen LogP contribution in [0.4, 0.5) is 0 Å². The number of hydrogen-bond donors (Lipinski definition) is 1. The van der Waals surface area contributed by atoms with Gasteiger partial charge in [0.05, 0.1) is 19.8 Å². The van der Waals surface area contributed by atoms with Crippen molar-refractivity contribution in [2.24, 2.45) is 5.41 Å². The maximum absolute atomic E-state index is 5.61. The Morgan fingerprint density at radius 1 is 0.952 bits per heavy atom. The zero-order valence-corrected chi connectivity index (χ0v) is 15.5. The smallest absolute Gasteiger partial charge is 0.0701 e. The van der Waals surface area contributed by atoms with Gasteiger partial charge in [-0.25, -0.2) is 0 Å². The highest BCUT2D eigenvalue weighted by Crippen LogP contribution is 2.35. The summed E-state index contributed by atoms with van der Waals surface area (Å²) >= 11 is 2.09. The highest BCUT2D eigenvalue weighted by molar-refractivity contribution is 8.06. The first-order valence-electron chi connectivity index (χ1n) is 8.31. The summed E-state index contributed by atoms with van der Waals surface area (Å²) in [6.45, 7) is 15.2. The molecule has 0 saturated carbocycles. The SMILES string of the molecule is CC(C)(C)CCOCCOCCNC(C)(C)CCC1CS1. The fourth-order valence-corrected chi connectivity index (χ4v) is 2.59.